The molecule has 0 heterocycles. The molecule has 0 aliphatic carbocycles. The maximum Gasteiger partial charge on any atom is 0.00395 e. The first-order chi connectivity index (χ1) is 5.70. The zero-order chi connectivity index (χ0) is 8.97. The molecule has 12 heavy (non-hydrogen) atoms. The average molecular weight is 161 g/mol. The summed E-state index contributed by atoms with van der Waals surface area (Å²) < 4.78 is 0. The SMILES string of the molecule is C=C(N)[C@H](C)Cc1ccccc1. The summed E-state index contributed by atoms with van der Waals surface area (Å²) >= 11 is 0. The normalized spacial score (nSPS) is 12.4. The average Bonchev–Trinajstić information content (AvgIpc) is 2.06. The van der Waals surface area contributed by atoms with Gasteiger partial charge in [-0.15, -0.1) is 0 Å². The van der Waals surface area contributed by atoms with Gasteiger partial charge in [0.2, 0.25) is 0 Å². The Morgan fingerprint density at radius 2 is 2.00 bits per heavy atom. The van der Waals surface area contributed by atoms with Crippen LogP contribution in [0.25, 0.3) is 0 Å². The van der Waals surface area contributed by atoms with Crippen LogP contribution in [0.4, 0.5) is 0 Å². The zero-order valence-corrected chi connectivity index (χ0v) is 7.46. The quantitative estimate of drug-likeness (QED) is 0.723. The zero-order valence-electron chi connectivity index (χ0n) is 7.46. The van der Waals surface area contributed by atoms with E-state index in [0.29, 0.717) is 5.92 Å². The van der Waals surface area contributed by atoms with Gasteiger partial charge in [-0.2, -0.15) is 0 Å². The molecule has 0 unspecified atom stereocenters. The standard InChI is InChI=1S/C11H15N/c1-9(10(2)12)8-11-6-4-3-5-7-11/h3-7,9H,2,8,12H2,1H3/t9-/m1/s1. The first-order valence-electron chi connectivity index (χ1n) is 4.18. The summed E-state index contributed by atoms with van der Waals surface area (Å²) in [6.45, 7) is 5.82. The highest BCUT2D eigenvalue weighted by Crippen LogP contribution is 2.11. The molecule has 2 N–H and O–H groups in total. The maximum absolute atomic E-state index is 5.59. The van der Waals surface area contributed by atoms with Crippen LogP contribution in [0, 0.1) is 5.92 Å². The fraction of sp³-hybridized carbons (Fsp3) is 0.273. The monoisotopic (exact) mass is 161 g/mol. The number of hydrogen-bond acceptors (Lipinski definition) is 1. The van der Waals surface area contributed by atoms with E-state index in [-0.39, 0.29) is 0 Å². The van der Waals surface area contributed by atoms with Crippen molar-refractivity contribution >= 4 is 0 Å². The number of rotatable bonds is 3. The summed E-state index contributed by atoms with van der Waals surface area (Å²) in [5, 5.41) is 0. The Morgan fingerprint density at radius 1 is 1.42 bits per heavy atom. The van der Waals surface area contributed by atoms with E-state index in [0.717, 1.165) is 12.1 Å². The molecule has 1 heteroatoms. The van der Waals surface area contributed by atoms with E-state index in [1.165, 1.54) is 5.56 Å². The van der Waals surface area contributed by atoms with Gasteiger partial charge in [0.15, 0.2) is 0 Å². The van der Waals surface area contributed by atoms with Crippen molar-refractivity contribution in [1.29, 1.82) is 0 Å². The lowest BCUT2D eigenvalue weighted by Crippen LogP contribution is -2.09. The highest BCUT2D eigenvalue weighted by atomic mass is 14.6. The highest BCUT2D eigenvalue weighted by Gasteiger charge is 2.03. The summed E-state index contributed by atoms with van der Waals surface area (Å²) in [6.07, 6.45) is 0.982. The topological polar surface area (TPSA) is 26.0 Å². The van der Waals surface area contributed by atoms with Crippen LogP contribution in [-0.4, -0.2) is 0 Å². The molecular weight excluding hydrogens is 146 g/mol. The Morgan fingerprint density at radius 3 is 2.50 bits per heavy atom. The fourth-order valence-electron chi connectivity index (χ4n) is 1.10. The van der Waals surface area contributed by atoms with Crippen LogP contribution in [0.3, 0.4) is 0 Å². The number of allylic oxidation sites excluding steroid dienone is 1. The highest BCUT2D eigenvalue weighted by molar-refractivity contribution is 5.16. The van der Waals surface area contributed by atoms with E-state index < -0.39 is 0 Å². The van der Waals surface area contributed by atoms with Crippen LogP contribution >= 0.6 is 0 Å². The molecule has 0 saturated carbocycles. The Kier molecular flexibility index (Phi) is 2.92. The minimum absolute atomic E-state index is 0.368. The van der Waals surface area contributed by atoms with Crippen molar-refractivity contribution in [2.24, 2.45) is 11.7 Å². The molecule has 0 radical (unpaired) electrons. The third-order valence-electron chi connectivity index (χ3n) is 2.02. The van der Waals surface area contributed by atoms with Gasteiger partial charge in [-0.3, -0.25) is 0 Å². The van der Waals surface area contributed by atoms with E-state index >= 15 is 0 Å². The Hall–Kier alpha value is -1.24. The third kappa shape index (κ3) is 2.42. The summed E-state index contributed by atoms with van der Waals surface area (Å²) in [6, 6.07) is 10.3. The lowest BCUT2D eigenvalue weighted by Gasteiger charge is -2.09. The van der Waals surface area contributed by atoms with Gasteiger partial charge in [0.1, 0.15) is 0 Å². The number of benzene rings is 1. The predicted molar refractivity (Wildman–Crippen MR) is 52.6 cm³/mol. The molecule has 0 saturated heterocycles. The molecule has 0 aromatic heterocycles. The van der Waals surface area contributed by atoms with Crippen molar-refractivity contribution in [3.8, 4) is 0 Å². The van der Waals surface area contributed by atoms with E-state index in [9.17, 15) is 0 Å². The summed E-state index contributed by atoms with van der Waals surface area (Å²) in [5.41, 5.74) is 7.67. The summed E-state index contributed by atoms with van der Waals surface area (Å²) in [7, 11) is 0. The lowest BCUT2D eigenvalue weighted by molar-refractivity contribution is 0.672. The molecule has 1 aromatic carbocycles. The van der Waals surface area contributed by atoms with Crippen LogP contribution < -0.4 is 5.73 Å². The third-order valence-corrected chi connectivity index (χ3v) is 2.02. The van der Waals surface area contributed by atoms with Crippen molar-refractivity contribution in [1.82, 2.24) is 0 Å². The van der Waals surface area contributed by atoms with Crippen LogP contribution in [-0.2, 0) is 6.42 Å². The van der Waals surface area contributed by atoms with Gasteiger partial charge in [-0.25, -0.2) is 0 Å². The molecule has 0 bridgehead atoms. The van der Waals surface area contributed by atoms with Crippen LogP contribution in [0.5, 0.6) is 0 Å². The van der Waals surface area contributed by atoms with Crippen molar-refractivity contribution in [3.05, 3.63) is 48.2 Å². The molecule has 0 amide bonds. The minimum atomic E-state index is 0.368. The Bertz CT molecular complexity index is 251. The molecule has 1 aromatic rings. The van der Waals surface area contributed by atoms with Gasteiger partial charge in [0.25, 0.3) is 0 Å². The smallest absolute Gasteiger partial charge is 0.00395 e. The van der Waals surface area contributed by atoms with Crippen molar-refractivity contribution < 1.29 is 0 Å². The van der Waals surface area contributed by atoms with Gasteiger partial charge < -0.3 is 5.73 Å². The Labute approximate surface area is 73.9 Å². The van der Waals surface area contributed by atoms with Crippen LogP contribution in [0.15, 0.2) is 42.6 Å². The van der Waals surface area contributed by atoms with E-state index in [1.807, 2.05) is 18.2 Å². The molecule has 1 atom stereocenters. The first-order valence-corrected chi connectivity index (χ1v) is 4.18. The van der Waals surface area contributed by atoms with Crippen LogP contribution in [0.2, 0.25) is 0 Å². The Balaban J connectivity index is 2.58. The van der Waals surface area contributed by atoms with Gasteiger partial charge >= 0.3 is 0 Å². The molecular formula is C11H15N. The van der Waals surface area contributed by atoms with Crippen molar-refractivity contribution in [3.63, 3.8) is 0 Å². The fourth-order valence-corrected chi connectivity index (χ4v) is 1.10. The second-order valence-electron chi connectivity index (χ2n) is 3.17. The number of nitrogens with two attached hydrogens (primary N) is 1. The van der Waals surface area contributed by atoms with Crippen LogP contribution in [0.1, 0.15) is 12.5 Å². The second kappa shape index (κ2) is 3.96. The van der Waals surface area contributed by atoms with Crippen molar-refractivity contribution in [2.75, 3.05) is 0 Å². The maximum atomic E-state index is 5.59. The van der Waals surface area contributed by atoms with Gasteiger partial charge in [-0.05, 0) is 17.9 Å². The van der Waals surface area contributed by atoms with E-state index in [4.69, 9.17) is 5.73 Å². The molecule has 0 aliphatic rings. The largest absolute Gasteiger partial charge is 0.402 e. The molecule has 64 valence electrons. The lowest BCUT2D eigenvalue weighted by atomic mass is 9.99. The molecule has 1 rings (SSSR count). The molecule has 0 aliphatic heterocycles. The van der Waals surface area contributed by atoms with Crippen molar-refractivity contribution in [2.45, 2.75) is 13.3 Å². The molecule has 0 fully saturated rings. The number of hydrogen-bond donors (Lipinski definition) is 1. The first kappa shape index (κ1) is 8.85. The minimum Gasteiger partial charge on any atom is -0.402 e. The molecule has 1 nitrogen and oxygen atoms in total. The predicted octanol–water partition coefficient (Wildman–Crippen LogP) is 2.34. The second-order valence-corrected chi connectivity index (χ2v) is 3.17. The summed E-state index contributed by atoms with van der Waals surface area (Å²) in [4.78, 5) is 0. The van der Waals surface area contributed by atoms with Gasteiger partial charge in [0, 0.05) is 5.70 Å². The van der Waals surface area contributed by atoms with E-state index in [2.05, 4.69) is 25.6 Å². The molecule has 0 spiro atoms. The van der Waals surface area contributed by atoms with Gasteiger partial charge in [-0.1, -0.05) is 43.8 Å². The van der Waals surface area contributed by atoms with E-state index in [1.54, 1.807) is 0 Å². The van der Waals surface area contributed by atoms with Gasteiger partial charge in [0.05, 0.1) is 0 Å². The summed E-state index contributed by atoms with van der Waals surface area (Å²) in [5.74, 6) is 0.368.